The van der Waals surface area contributed by atoms with Crippen molar-refractivity contribution in [3.05, 3.63) is 33.4 Å². The molecule has 0 atom stereocenters. The highest BCUT2D eigenvalue weighted by Gasteiger charge is 2.23. The van der Waals surface area contributed by atoms with Gasteiger partial charge in [-0.25, -0.2) is 0 Å². The minimum atomic E-state index is -3.93. The van der Waals surface area contributed by atoms with E-state index in [0.717, 1.165) is 0 Å². The second kappa shape index (κ2) is 7.54. The molecule has 0 radical (unpaired) electrons. The molecule has 1 aromatic rings. The Morgan fingerprint density at radius 1 is 1.25 bits per heavy atom. The summed E-state index contributed by atoms with van der Waals surface area (Å²) in [5.74, 6) is 0.447. The van der Waals surface area contributed by atoms with Gasteiger partial charge in [-0.15, -0.1) is 23.2 Å². The Balaban J connectivity index is 3.42. The minimum Gasteiger partial charge on any atom is -0.424 e. The van der Waals surface area contributed by atoms with Crippen molar-refractivity contribution in [2.24, 2.45) is 0 Å². The van der Waals surface area contributed by atoms with Gasteiger partial charge in [0.1, 0.15) is 5.75 Å². The summed E-state index contributed by atoms with van der Waals surface area (Å²) in [5.41, 5.74) is 0.682. The zero-order valence-electron chi connectivity index (χ0n) is 10.2. The van der Waals surface area contributed by atoms with Crippen LogP contribution in [0, 0.1) is 10.1 Å². The van der Waals surface area contributed by atoms with Gasteiger partial charge in [-0.3, -0.25) is 10.1 Å². The van der Waals surface area contributed by atoms with Crippen LogP contribution >= 0.6 is 29.9 Å². The third-order valence-corrected chi connectivity index (χ3v) is 3.50. The van der Waals surface area contributed by atoms with E-state index in [4.69, 9.17) is 27.7 Å². The fraction of sp³-hybridized carbons (Fsp3) is 0.400. The topological polar surface area (TPSA) is 92.8 Å². The zero-order valence-corrected chi connectivity index (χ0v) is 13.4. The molecule has 0 unspecified atom stereocenters. The molecule has 20 heavy (non-hydrogen) atoms. The van der Waals surface area contributed by atoms with Crippen LogP contribution in [0.2, 0.25) is 0 Å². The maximum atomic E-state index is 11.0. The molecular weight excluding hydrogens is 348 g/mol. The number of hydrogen-bond donors (Lipinski definition) is 2. The van der Waals surface area contributed by atoms with Gasteiger partial charge < -0.3 is 14.3 Å². The maximum absolute atomic E-state index is 11.0. The van der Waals surface area contributed by atoms with Gasteiger partial charge in [0.2, 0.25) is 0 Å². The van der Waals surface area contributed by atoms with Gasteiger partial charge in [0.25, 0.3) is 5.69 Å². The number of nitro groups is 1. The molecule has 0 spiro atoms. The van der Waals surface area contributed by atoms with Crippen molar-refractivity contribution >= 4 is 47.4 Å². The van der Waals surface area contributed by atoms with Crippen LogP contribution in [0.5, 0.6) is 5.75 Å². The lowest BCUT2D eigenvalue weighted by Gasteiger charge is -2.16. The molecular formula is C10H12Cl2NO5PS. The fourth-order valence-corrected chi connectivity index (χ4v) is 2.83. The van der Waals surface area contributed by atoms with Crippen molar-refractivity contribution in [1.29, 1.82) is 0 Å². The van der Waals surface area contributed by atoms with Gasteiger partial charge in [-0.1, -0.05) is 0 Å². The average Bonchev–Trinajstić information content (AvgIpc) is 2.31. The van der Waals surface area contributed by atoms with Crippen LogP contribution in [0.15, 0.2) is 12.1 Å². The van der Waals surface area contributed by atoms with E-state index in [1.807, 2.05) is 0 Å². The number of nitro benzene ring substituents is 1. The van der Waals surface area contributed by atoms with E-state index >= 15 is 0 Å². The predicted molar refractivity (Wildman–Crippen MR) is 81.3 cm³/mol. The SMILES string of the molecule is O=[N+]([O-])c1ccc(OP(O)(O)=S)c(CCCl)c1CCCl. The molecule has 0 amide bonds. The maximum Gasteiger partial charge on any atom is 0.375 e. The average molecular weight is 360 g/mol. The van der Waals surface area contributed by atoms with Crippen LogP contribution in [0.25, 0.3) is 0 Å². The van der Waals surface area contributed by atoms with E-state index in [1.165, 1.54) is 12.1 Å². The summed E-state index contributed by atoms with van der Waals surface area (Å²) in [4.78, 5) is 29.0. The summed E-state index contributed by atoms with van der Waals surface area (Å²) in [7, 11) is 0. The molecule has 0 aromatic heterocycles. The Kier molecular flexibility index (Phi) is 6.64. The highest BCUT2D eigenvalue weighted by Crippen LogP contribution is 2.42. The first-order valence-electron chi connectivity index (χ1n) is 5.46. The fourth-order valence-electron chi connectivity index (χ4n) is 1.79. The number of alkyl halides is 2. The largest absolute Gasteiger partial charge is 0.424 e. The van der Waals surface area contributed by atoms with Gasteiger partial charge in [0, 0.05) is 40.8 Å². The second-order valence-corrected chi connectivity index (χ2v) is 7.10. The number of nitrogens with zero attached hydrogens (tertiary/aromatic N) is 1. The molecule has 1 aromatic carbocycles. The lowest BCUT2D eigenvalue weighted by molar-refractivity contribution is -0.385. The molecule has 0 aliphatic heterocycles. The molecule has 0 aliphatic carbocycles. The number of rotatable bonds is 7. The van der Waals surface area contributed by atoms with E-state index < -0.39 is 11.6 Å². The number of benzene rings is 1. The molecule has 112 valence electrons. The number of hydrogen-bond acceptors (Lipinski definition) is 4. The quantitative estimate of drug-likeness (QED) is 0.336. The van der Waals surface area contributed by atoms with Crippen LogP contribution < -0.4 is 4.52 Å². The van der Waals surface area contributed by atoms with Crippen LogP contribution in [0.4, 0.5) is 5.69 Å². The van der Waals surface area contributed by atoms with Crippen molar-refractivity contribution in [3.63, 3.8) is 0 Å². The molecule has 0 heterocycles. The van der Waals surface area contributed by atoms with Crippen LogP contribution in [-0.2, 0) is 24.6 Å². The Morgan fingerprint density at radius 2 is 1.80 bits per heavy atom. The molecule has 2 N–H and O–H groups in total. The van der Waals surface area contributed by atoms with Gasteiger partial charge in [-0.2, -0.15) is 0 Å². The Morgan fingerprint density at radius 3 is 2.25 bits per heavy atom. The number of halogens is 2. The van der Waals surface area contributed by atoms with Crippen molar-refractivity contribution < 1.29 is 19.2 Å². The van der Waals surface area contributed by atoms with Crippen molar-refractivity contribution in [3.8, 4) is 5.75 Å². The third-order valence-electron chi connectivity index (χ3n) is 2.47. The zero-order chi connectivity index (χ0) is 15.3. The Hall–Kier alpha value is -0.430. The summed E-state index contributed by atoms with van der Waals surface area (Å²) in [6, 6.07) is 2.51. The van der Waals surface area contributed by atoms with Gasteiger partial charge in [-0.05, 0) is 18.9 Å². The lowest BCUT2D eigenvalue weighted by Crippen LogP contribution is -2.05. The van der Waals surface area contributed by atoms with Gasteiger partial charge >= 0.3 is 6.72 Å². The van der Waals surface area contributed by atoms with E-state index in [-0.39, 0.29) is 36.0 Å². The van der Waals surface area contributed by atoms with Gasteiger partial charge in [0.15, 0.2) is 0 Å². The molecule has 10 heteroatoms. The second-order valence-electron chi connectivity index (χ2n) is 3.76. The van der Waals surface area contributed by atoms with E-state index in [9.17, 15) is 19.9 Å². The van der Waals surface area contributed by atoms with Crippen molar-refractivity contribution in [2.45, 2.75) is 12.8 Å². The monoisotopic (exact) mass is 359 g/mol. The molecule has 0 saturated carbocycles. The first kappa shape index (κ1) is 17.6. The molecule has 6 nitrogen and oxygen atoms in total. The highest BCUT2D eigenvalue weighted by atomic mass is 35.5. The highest BCUT2D eigenvalue weighted by molar-refractivity contribution is 8.06. The molecule has 1 rings (SSSR count). The smallest absolute Gasteiger partial charge is 0.375 e. The summed E-state index contributed by atoms with van der Waals surface area (Å²) < 4.78 is 4.92. The molecule has 0 fully saturated rings. The summed E-state index contributed by atoms with van der Waals surface area (Å²) in [5, 5.41) is 11.0. The summed E-state index contributed by atoms with van der Waals surface area (Å²) >= 11 is 15.8. The molecule has 0 bridgehead atoms. The minimum absolute atomic E-state index is 0.0877. The van der Waals surface area contributed by atoms with Crippen molar-refractivity contribution in [1.82, 2.24) is 0 Å². The van der Waals surface area contributed by atoms with Gasteiger partial charge in [0.05, 0.1) is 4.92 Å². The van der Waals surface area contributed by atoms with E-state index in [2.05, 4.69) is 11.8 Å². The third kappa shape index (κ3) is 4.84. The summed E-state index contributed by atoms with van der Waals surface area (Å²) in [6.45, 7) is -3.93. The normalized spacial score (nSPS) is 11.4. The predicted octanol–water partition coefficient (Wildman–Crippen LogP) is 2.75. The first-order chi connectivity index (χ1) is 9.30. The molecule has 0 aliphatic rings. The first-order valence-corrected chi connectivity index (χ1v) is 9.16. The van der Waals surface area contributed by atoms with Crippen LogP contribution in [0.1, 0.15) is 11.1 Å². The lowest BCUT2D eigenvalue weighted by atomic mass is 10.00. The van der Waals surface area contributed by atoms with E-state index in [1.54, 1.807) is 0 Å². The van der Waals surface area contributed by atoms with Crippen LogP contribution in [-0.4, -0.2) is 26.5 Å². The van der Waals surface area contributed by atoms with Crippen molar-refractivity contribution in [2.75, 3.05) is 11.8 Å². The standard InChI is InChI=1S/C10H12Cl2NO5PS/c11-5-3-7-8(4-6-12)10(18-19(16,17)20)2-1-9(7)13(14)15/h1-2H,3-6H2,(H2,16,17,20). The Labute approximate surface area is 130 Å². The summed E-state index contributed by atoms with van der Waals surface area (Å²) in [6.07, 6.45) is 0.501. The Bertz CT molecular complexity index is 551. The van der Waals surface area contributed by atoms with E-state index in [0.29, 0.717) is 11.1 Å². The van der Waals surface area contributed by atoms with Crippen LogP contribution in [0.3, 0.4) is 0 Å². The molecule has 0 saturated heterocycles.